The molecule has 0 aliphatic carbocycles. The summed E-state index contributed by atoms with van der Waals surface area (Å²) in [6.45, 7) is 0.657. The number of non-ortho nitro benzene ring substituents is 1. The van der Waals surface area contributed by atoms with Crippen molar-refractivity contribution >= 4 is 17.3 Å². The molecule has 0 aromatic heterocycles. The average molecular weight is 368 g/mol. The van der Waals surface area contributed by atoms with Gasteiger partial charge in [0.15, 0.2) is 0 Å². The summed E-state index contributed by atoms with van der Waals surface area (Å²) in [5.74, 6) is -0.299. The van der Waals surface area contributed by atoms with E-state index in [1.807, 2.05) is 18.2 Å². The summed E-state index contributed by atoms with van der Waals surface area (Å²) in [5.41, 5.74) is 2.93. The number of anilines is 1. The highest BCUT2D eigenvalue weighted by atomic mass is 16.6. The van der Waals surface area contributed by atoms with Gasteiger partial charge in [0, 0.05) is 30.2 Å². The van der Waals surface area contributed by atoms with Crippen LogP contribution in [0.15, 0.2) is 42.5 Å². The van der Waals surface area contributed by atoms with Crippen LogP contribution in [0, 0.1) is 16.0 Å². The summed E-state index contributed by atoms with van der Waals surface area (Å²) in [4.78, 5) is 23.0. The third kappa shape index (κ3) is 3.04. The van der Waals surface area contributed by atoms with E-state index >= 15 is 0 Å². The van der Waals surface area contributed by atoms with Gasteiger partial charge in [0.05, 0.1) is 35.4 Å². The van der Waals surface area contributed by atoms with Gasteiger partial charge in [-0.25, -0.2) is 4.79 Å². The van der Waals surface area contributed by atoms with E-state index in [0.29, 0.717) is 17.9 Å². The van der Waals surface area contributed by atoms with Crippen LogP contribution in [0.5, 0.6) is 0 Å². The van der Waals surface area contributed by atoms with E-state index < -0.39 is 10.9 Å². The average Bonchev–Trinajstić information content (AvgIpc) is 2.72. The van der Waals surface area contributed by atoms with E-state index in [-0.39, 0.29) is 23.8 Å². The van der Waals surface area contributed by atoms with Crippen molar-refractivity contribution in [2.75, 3.05) is 19.0 Å². The van der Waals surface area contributed by atoms with Gasteiger partial charge in [-0.05, 0) is 24.5 Å². The molecule has 0 unspecified atom stereocenters. The van der Waals surface area contributed by atoms with Gasteiger partial charge in [-0.2, -0.15) is 0 Å². The molecule has 7 heteroatoms. The first kappa shape index (κ1) is 17.5. The van der Waals surface area contributed by atoms with Crippen molar-refractivity contribution in [3.63, 3.8) is 0 Å². The molecule has 2 aliphatic rings. The van der Waals surface area contributed by atoms with E-state index in [0.717, 1.165) is 24.0 Å². The largest absolute Gasteiger partial charge is 0.465 e. The molecule has 0 amide bonds. The Labute approximate surface area is 156 Å². The highest BCUT2D eigenvalue weighted by Crippen LogP contribution is 2.50. The third-order valence-corrected chi connectivity index (χ3v) is 5.34. The number of rotatable bonds is 3. The van der Waals surface area contributed by atoms with Gasteiger partial charge in [0.2, 0.25) is 0 Å². The molecular formula is C20H20N2O5. The summed E-state index contributed by atoms with van der Waals surface area (Å²) in [7, 11) is 1.35. The lowest BCUT2D eigenvalue weighted by molar-refractivity contribution is -0.384. The van der Waals surface area contributed by atoms with Gasteiger partial charge in [0.1, 0.15) is 0 Å². The summed E-state index contributed by atoms with van der Waals surface area (Å²) >= 11 is 0. The predicted molar refractivity (Wildman–Crippen MR) is 98.7 cm³/mol. The van der Waals surface area contributed by atoms with Gasteiger partial charge < -0.3 is 14.8 Å². The minimum absolute atomic E-state index is 0.0506. The summed E-state index contributed by atoms with van der Waals surface area (Å²) in [5, 5.41) is 14.7. The Bertz CT molecular complexity index is 898. The van der Waals surface area contributed by atoms with E-state index in [4.69, 9.17) is 9.47 Å². The molecule has 2 heterocycles. The van der Waals surface area contributed by atoms with Gasteiger partial charge in [0.25, 0.3) is 5.69 Å². The molecule has 27 heavy (non-hydrogen) atoms. The molecule has 0 spiro atoms. The maximum absolute atomic E-state index is 12.2. The van der Waals surface area contributed by atoms with Crippen LogP contribution in [0.25, 0.3) is 0 Å². The Hall–Kier alpha value is -2.93. The van der Waals surface area contributed by atoms with Crippen LogP contribution in [0.2, 0.25) is 0 Å². The first-order chi connectivity index (χ1) is 13.1. The number of nitrogens with one attached hydrogen (secondary N) is 1. The Balaban J connectivity index is 1.82. The zero-order valence-electron chi connectivity index (χ0n) is 14.9. The molecule has 1 N–H and O–H groups in total. The Morgan fingerprint density at radius 2 is 2.11 bits per heavy atom. The number of para-hydroxylation sites is 1. The van der Waals surface area contributed by atoms with Crippen LogP contribution in [0.4, 0.5) is 11.4 Å². The normalized spacial score (nSPS) is 23.5. The van der Waals surface area contributed by atoms with E-state index in [1.54, 1.807) is 18.2 Å². The third-order valence-electron chi connectivity index (χ3n) is 5.34. The zero-order chi connectivity index (χ0) is 19.0. The smallest absolute Gasteiger partial charge is 0.339 e. The van der Waals surface area contributed by atoms with Crippen molar-refractivity contribution in [1.29, 1.82) is 0 Å². The number of nitrogens with zero attached hydrogens (tertiary/aromatic N) is 1. The molecule has 4 rings (SSSR count). The number of carbonyl (C=O) groups is 1. The van der Waals surface area contributed by atoms with Crippen LogP contribution in [-0.4, -0.2) is 24.6 Å². The predicted octanol–water partition coefficient (Wildman–Crippen LogP) is 4.02. The van der Waals surface area contributed by atoms with Crippen LogP contribution in [0.3, 0.4) is 0 Å². The van der Waals surface area contributed by atoms with E-state index in [9.17, 15) is 14.9 Å². The highest BCUT2D eigenvalue weighted by Gasteiger charge is 2.41. The van der Waals surface area contributed by atoms with Crippen molar-refractivity contribution in [2.24, 2.45) is 5.92 Å². The highest BCUT2D eigenvalue weighted by molar-refractivity contribution is 5.96. The molecule has 0 radical (unpaired) electrons. The topological polar surface area (TPSA) is 90.7 Å². The fourth-order valence-electron chi connectivity index (χ4n) is 4.14. The number of hydrogen-bond acceptors (Lipinski definition) is 6. The second-order valence-electron chi connectivity index (χ2n) is 6.83. The van der Waals surface area contributed by atoms with Crippen LogP contribution in [0.1, 0.15) is 46.5 Å². The lowest BCUT2D eigenvalue weighted by Crippen LogP contribution is -2.36. The molecule has 7 nitrogen and oxygen atoms in total. The summed E-state index contributed by atoms with van der Waals surface area (Å²) < 4.78 is 11.0. The maximum atomic E-state index is 12.2. The van der Waals surface area contributed by atoms with Crippen LogP contribution < -0.4 is 5.32 Å². The number of hydrogen-bond donors (Lipinski definition) is 1. The first-order valence-electron chi connectivity index (χ1n) is 8.94. The van der Waals surface area contributed by atoms with E-state index in [2.05, 4.69) is 5.32 Å². The number of esters is 1. The van der Waals surface area contributed by atoms with Gasteiger partial charge in [-0.1, -0.05) is 24.3 Å². The lowest BCUT2D eigenvalue weighted by Gasteiger charge is -2.43. The number of methoxy groups -OCH3 is 1. The van der Waals surface area contributed by atoms with Gasteiger partial charge in [-0.3, -0.25) is 10.1 Å². The van der Waals surface area contributed by atoms with Crippen molar-refractivity contribution in [2.45, 2.75) is 25.0 Å². The standard InChI is InChI=1S/C20H20N2O5/c1-26-20(23)16-8-3-7-15-18(16)21-17(14-9-4-10-27-19(14)15)12-5-2-6-13(11-12)22(24)25/h2-3,5-8,11,14,17,19,21H,4,9-10H2,1H3/t14-,17+,19-/m1/s1. The fraction of sp³-hybridized carbons (Fsp3) is 0.350. The molecule has 2 aliphatic heterocycles. The monoisotopic (exact) mass is 368 g/mol. The van der Waals surface area contributed by atoms with Crippen molar-refractivity contribution in [3.8, 4) is 0 Å². The quantitative estimate of drug-likeness (QED) is 0.500. The molecule has 140 valence electrons. The summed E-state index contributed by atoms with van der Waals surface area (Å²) in [6, 6.07) is 12.0. The number of carbonyl (C=O) groups excluding carboxylic acids is 1. The SMILES string of the molecule is COC(=O)c1cccc2c1N[C@@H](c1cccc([N+](=O)[O-])c1)[C@H]1CCCO[C@@H]21. The number of nitro benzene ring substituents is 1. The van der Waals surface area contributed by atoms with Gasteiger partial charge in [-0.15, -0.1) is 0 Å². The second-order valence-corrected chi connectivity index (χ2v) is 6.83. The number of nitro groups is 1. The van der Waals surface area contributed by atoms with Crippen molar-refractivity contribution < 1.29 is 19.2 Å². The fourth-order valence-corrected chi connectivity index (χ4v) is 4.14. The number of benzene rings is 2. The Morgan fingerprint density at radius 3 is 2.89 bits per heavy atom. The Morgan fingerprint density at radius 1 is 1.30 bits per heavy atom. The second kappa shape index (κ2) is 7.00. The molecule has 0 bridgehead atoms. The van der Waals surface area contributed by atoms with Crippen LogP contribution >= 0.6 is 0 Å². The zero-order valence-corrected chi connectivity index (χ0v) is 14.9. The first-order valence-corrected chi connectivity index (χ1v) is 8.94. The van der Waals surface area contributed by atoms with Crippen molar-refractivity contribution in [3.05, 3.63) is 69.3 Å². The molecule has 1 saturated heterocycles. The summed E-state index contributed by atoms with van der Waals surface area (Å²) in [6.07, 6.45) is 1.71. The molecule has 2 aromatic rings. The Kier molecular flexibility index (Phi) is 4.53. The maximum Gasteiger partial charge on any atom is 0.339 e. The number of fused-ring (bicyclic) bond motifs is 3. The minimum Gasteiger partial charge on any atom is -0.465 e. The van der Waals surface area contributed by atoms with E-state index in [1.165, 1.54) is 13.2 Å². The molecule has 0 saturated carbocycles. The van der Waals surface area contributed by atoms with Crippen molar-refractivity contribution in [1.82, 2.24) is 0 Å². The lowest BCUT2D eigenvalue weighted by atomic mass is 9.77. The van der Waals surface area contributed by atoms with Gasteiger partial charge >= 0.3 is 5.97 Å². The van der Waals surface area contributed by atoms with Crippen LogP contribution in [-0.2, 0) is 9.47 Å². The minimum atomic E-state index is -0.425. The molecular weight excluding hydrogens is 348 g/mol. The molecule has 2 aromatic carbocycles. The molecule has 1 fully saturated rings. The number of ether oxygens (including phenoxy) is 2. The molecule has 3 atom stereocenters.